The van der Waals surface area contributed by atoms with E-state index < -0.39 is 0 Å². The van der Waals surface area contributed by atoms with E-state index in [4.69, 9.17) is 18.0 Å². The highest BCUT2D eigenvalue weighted by molar-refractivity contribution is 7.80. The second-order valence-electron chi connectivity index (χ2n) is 3.57. The summed E-state index contributed by atoms with van der Waals surface area (Å²) in [6.45, 7) is 0.591. The third-order valence-electron chi connectivity index (χ3n) is 2.46. The molecule has 1 aliphatic carbocycles. The molecule has 0 aromatic heterocycles. The topological polar surface area (TPSA) is 26.0 Å². The van der Waals surface area contributed by atoms with Gasteiger partial charge in [-0.15, -0.1) is 0 Å². The standard InChI is InChI=1S/C13H13NS/c14-9-10-4-6-11(7-5-10)12-2-1-3-13(15)8-12/h1-2,4-8H,3,9,14H2. The van der Waals surface area contributed by atoms with Crippen LogP contribution in [0.3, 0.4) is 0 Å². The van der Waals surface area contributed by atoms with Gasteiger partial charge in [0.2, 0.25) is 0 Å². The highest BCUT2D eigenvalue weighted by Crippen LogP contribution is 2.20. The molecule has 2 heteroatoms. The number of hydrogen-bond donors (Lipinski definition) is 1. The Kier molecular flexibility index (Phi) is 3.09. The van der Waals surface area contributed by atoms with Crippen LogP contribution in [0.4, 0.5) is 0 Å². The van der Waals surface area contributed by atoms with Crippen molar-refractivity contribution >= 4 is 22.7 Å². The summed E-state index contributed by atoms with van der Waals surface area (Å²) in [5, 5.41) is 0. The van der Waals surface area contributed by atoms with Crippen molar-refractivity contribution in [1.29, 1.82) is 0 Å². The molecule has 1 aromatic carbocycles. The Bertz CT molecular complexity index is 426. The molecule has 0 radical (unpaired) electrons. The van der Waals surface area contributed by atoms with Crippen molar-refractivity contribution in [2.75, 3.05) is 0 Å². The van der Waals surface area contributed by atoms with Crippen LogP contribution in [0.1, 0.15) is 17.5 Å². The van der Waals surface area contributed by atoms with Gasteiger partial charge >= 0.3 is 0 Å². The molecule has 0 heterocycles. The zero-order chi connectivity index (χ0) is 10.7. The van der Waals surface area contributed by atoms with Gasteiger partial charge in [0.05, 0.1) is 0 Å². The van der Waals surface area contributed by atoms with E-state index in [1.807, 2.05) is 0 Å². The van der Waals surface area contributed by atoms with Crippen molar-refractivity contribution < 1.29 is 0 Å². The molecule has 1 aliphatic rings. The molecule has 2 rings (SSSR count). The molecular formula is C13H13NS. The minimum atomic E-state index is 0.591. The molecule has 1 nitrogen and oxygen atoms in total. The first-order valence-corrected chi connectivity index (χ1v) is 5.41. The summed E-state index contributed by atoms with van der Waals surface area (Å²) in [4.78, 5) is 0.996. The second kappa shape index (κ2) is 4.51. The number of benzene rings is 1. The fourth-order valence-electron chi connectivity index (χ4n) is 1.60. The first-order chi connectivity index (χ1) is 7.29. The Hall–Kier alpha value is -1.25. The van der Waals surface area contributed by atoms with Crippen molar-refractivity contribution in [1.82, 2.24) is 0 Å². The fourth-order valence-corrected chi connectivity index (χ4v) is 1.82. The van der Waals surface area contributed by atoms with E-state index >= 15 is 0 Å². The van der Waals surface area contributed by atoms with Crippen molar-refractivity contribution in [3.63, 3.8) is 0 Å². The van der Waals surface area contributed by atoms with Crippen LogP contribution in [-0.4, -0.2) is 4.86 Å². The largest absolute Gasteiger partial charge is 0.326 e. The smallest absolute Gasteiger partial charge is 0.0196 e. The number of hydrogen-bond acceptors (Lipinski definition) is 2. The Labute approximate surface area is 95.3 Å². The van der Waals surface area contributed by atoms with E-state index in [-0.39, 0.29) is 0 Å². The third-order valence-corrected chi connectivity index (χ3v) is 2.74. The van der Waals surface area contributed by atoms with Gasteiger partial charge in [0.15, 0.2) is 0 Å². The fraction of sp³-hybridized carbons (Fsp3) is 0.154. The predicted octanol–water partition coefficient (Wildman–Crippen LogP) is 2.86. The molecule has 15 heavy (non-hydrogen) atoms. The number of rotatable bonds is 2. The van der Waals surface area contributed by atoms with Crippen molar-refractivity contribution in [3.8, 4) is 0 Å². The maximum Gasteiger partial charge on any atom is 0.0196 e. The Morgan fingerprint density at radius 1 is 1.20 bits per heavy atom. The maximum absolute atomic E-state index is 5.55. The van der Waals surface area contributed by atoms with Gasteiger partial charge in [-0.3, -0.25) is 0 Å². The first-order valence-electron chi connectivity index (χ1n) is 5.00. The van der Waals surface area contributed by atoms with Crippen LogP contribution >= 0.6 is 12.2 Å². The van der Waals surface area contributed by atoms with Crippen LogP contribution in [-0.2, 0) is 6.54 Å². The van der Waals surface area contributed by atoms with Gasteiger partial charge in [-0.25, -0.2) is 0 Å². The lowest BCUT2D eigenvalue weighted by atomic mass is 9.98. The Balaban J connectivity index is 2.29. The van der Waals surface area contributed by atoms with Crippen molar-refractivity contribution in [3.05, 3.63) is 53.6 Å². The van der Waals surface area contributed by atoms with Crippen LogP contribution < -0.4 is 5.73 Å². The normalized spacial score (nSPS) is 15.3. The van der Waals surface area contributed by atoms with E-state index in [1.165, 1.54) is 11.1 Å². The lowest BCUT2D eigenvalue weighted by molar-refractivity contribution is 1.07. The van der Waals surface area contributed by atoms with Crippen LogP contribution in [0.5, 0.6) is 0 Å². The molecule has 0 aliphatic heterocycles. The minimum Gasteiger partial charge on any atom is -0.326 e. The lowest BCUT2D eigenvalue weighted by Gasteiger charge is -2.08. The molecule has 0 unspecified atom stereocenters. The van der Waals surface area contributed by atoms with Gasteiger partial charge in [0.1, 0.15) is 0 Å². The van der Waals surface area contributed by atoms with E-state index in [0.29, 0.717) is 6.54 Å². The van der Waals surface area contributed by atoms with E-state index in [9.17, 15) is 0 Å². The molecular weight excluding hydrogens is 202 g/mol. The Morgan fingerprint density at radius 2 is 1.93 bits per heavy atom. The van der Waals surface area contributed by atoms with Gasteiger partial charge in [-0.2, -0.15) is 0 Å². The average molecular weight is 215 g/mol. The molecule has 1 aromatic rings. The summed E-state index contributed by atoms with van der Waals surface area (Å²) in [5.74, 6) is 0. The number of allylic oxidation sites excluding steroid dienone is 4. The van der Waals surface area contributed by atoms with Gasteiger partial charge < -0.3 is 5.73 Å². The highest BCUT2D eigenvalue weighted by atomic mass is 32.1. The van der Waals surface area contributed by atoms with Crippen molar-refractivity contribution in [2.45, 2.75) is 13.0 Å². The van der Waals surface area contributed by atoms with E-state index in [0.717, 1.165) is 16.8 Å². The summed E-state index contributed by atoms with van der Waals surface area (Å²) < 4.78 is 0. The molecule has 0 bridgehead atoms. The Morgan fingerprint density at radius 3 is 2.53 bits per heavy atom. The van der Waals surface area contributed by atoms with E-state index in [2.05, 4.69) is 42.5 Å². The SMILES string of the molecule is NCc1ccc(C2=CC(=S)CC=C2)cc1. The monoisotopic (exact) mass is 215 g/mol. The number of thiocarbonyl (C=S) groups is 1. The minimum absolute atomic E-state index is 0.591. The zero-order valence-electron chi connectivity index (χ0n) is 8.44. The predicted molar refractivity (Wildman–Crippen MR) is 68.7 cm³/mol. The summed E-state index contributed by atoms with van der Waals surface area (Å²) in [6.07, 6.45) is 7.17. The molecule has 2 N–H and O–H groups in total. The second-order valence-corrected chi connectivity index (χ2v) is 4.10. The summed E-state index contributed by atoms with van der Waals surface area (Å²) in [5.41, 5.74) is 9.09. The first kappa shape index (κ1) is 10.3. The lowest BCUT2D eigenvalue weighted by Crippen LogP contribution is -1.97. The maximum atomic E-state index is 5.55. The van der Waals surface area contributed by atoms with Crippen molar-refractivity contribution in [2.24, 2.45) is 5.73 Å². The molecule has 0 spiro atoms. The summed E-state index contributed by atoms with van der Waals surface area (Å²) in [6, 6.07) is 8.29. The molecule has 0 saturated carbocycles. The van der Waals surface area contributed by atoms with Gasteiger partial charge in [0.25, 0.3) is 0 Å². The zero-order valence-corrected chi connectivity index (χ0v) is 9.26. The van der Waals surface area contributed by atoms with Crippen LogP contribution in [0.25, 0.3) is 5.57 Å². The molecule has 0 atom stereocenters. The van der Waals surface area contributed by atoms with Crippen LogP contribution in [0, 0.1) is 0 Å². The third kappa shape index (κ3) is 2.41. The van der Waals surface area contributed by atoms with E-state index in [1.54, 1.807) is 0 Å². The van der Waals surface area contributed by atoms with Gasteiger partial charge in [-0.05, 0) is 22.8 Å². The quantitative estimate of drug-likeness (QED) is 0.768. The highest BCUT2D eigenvalue weighted by Gasteiger charge is 2.03. The number of nitrogens with two attached hydrogens (primary N) is 1. The summed E-state index contributed by atoms with van der Waals surface area (Å²) in [7, 11) is 0. The summed E-state index contributed by atoms with van der Waals surface area (Å²) >= 11 is 5.18. The molecule has 0 fully saturated rings. The van der Waals surface area contributed by atoms with Crippen LogP contribution in [0.15, 0.2) is 42.5 Å². The van der Waals surface area contributed by atoms with Gasteiger partial charge in [0, 0.05) is 17.8 Å². The van der Waals surface area contributed by atoms with Crippen LogP contribution in [0.2, 0.25) is 0 Å². The molecule has 0 amide bonds. The average Bonchev–Trinajstić information content (AvgIpc) is 2.29. The molecule has 76 valence electrons. The van der Waals surface area contributed by atoms with Gasteiger partial charge in [-0.1, -0.05) is 48.6 Å². The molecule has 0 saturated heterocycles.